The zero-order valence-corrected chi connectivity index (χ0v) is 16.0. The minimum absolute atomic E-state index is 0.0281. The molecule has 0 amide bonds. The third-order valence-electron chi connectivity index (χ3n) is 4.19. The lowest BCUT2D eigenvalue weighted by Crippen LogP contribution is -2.27. The van der Waals surface area contributed by atoms with E-state index in [1.54, 1.807) is 61.4 Å². The molecule has 0 spiro atoms. The maximum Gasteiger partial charge on any atom is 0.244 e. The van der Waals surface area contributed by atoms with Gasteiger partial charge in [-0.1, -0.05) is 18.2 Å². The molecule has 1 atom stereocenters. The molecule has 2 aromatic carbocycles. The van der Waals surface area contributed by atoms with E-state index in [4.69, 9.17) is 4.74 Å². The molecule has 1 unspecified atom stereocenters. The molecule has 3 aromatic rings. The number of nitrogens with one attached hydrogen (secondary N) is 1. The fourth-order valence-electron chi connectivity index (χ4n) is 2.75. The van der Waals surface area contributed by atoms with Crippen LogP contribution in [-0.2, 0) is 17.1 Å². The summed E-state index contributed by atoms with van der Waals surface area (Å²) < 4.78 is 48.5. The van der Waals surface area contributed by atoms with Gasteiger partial charge in [-0.2, -0.15) is 5.10 Å². The zero-order chi connectivity index (χ0) is 19.6. The second-order valence-corrected chi connectivity index (χ2v) is 7.85. The van der Waals surface area contributed by atoms with Crippen molar-refractivity contribution < 1.29 is 17.5 Å². The molecular formula is C19H20FN3O3S. The number of benzene rings is 2. The Balaban J connectivity index is 1.95. The van der Waals surface area contributed by atoms with Gasteiger partial charge in [0.05, 0.1) is 13.3 Å². The van der Waals surface area contributed by atoms with E-state index in [1.165, 1.54) is 19.2 Å². The number of methoxy groups -OCH3 is 1. The molecule has 0 aliphatic carbocycles. The summed E-state index contributed by atoms with van der Waals surface area (Å²) in [5.41, 5.74) is 2.16. The Labute approximate surface area is 157 Å². The summed E-state index contributed by atoms with van der Waals surface area (Å²) >= 11 is 0. The normalized spacial score (nSPS) is 12.7. The van der Waals surface area contributed by atoms with E-state index in [0.29, 0.717) is 11.1 Å². The quantitative estimate of drug-likeness (QED) is 0.702. The Morgan fingerprint density at radius 2 is 1.85 bits per heavy atom. The van der Waals surface area contributed by atoms with Crippen molar-refractivity contribution in [3.05, 3.63) is 66.2 Å². The summed E-state index contributed by atoms with van der Waals surface area (Å²) in [4.78, 5) is 0.0281. The van der Waals surface area contributed by atoms with Crippen LogP contribution in [0.25, 0.3) is 11.1 Å². The van der Waals surface area contributed by atoms with Gasteiger partial charge in [0.1, 0.15) is 16.5 Å². The number of hydrogen-bond acceptors (Lipinski definition) is 4. The van der Waals surface area contributed by atoms with Gasteiger partial charge in [-0.25, -0.2) is 17.5 Å². The molecule has 0 saturated carbocycles. The van der Waals surface area contributed by atoms with Crippen LogP contribution in [0, 0.1) is 5.82 Å². The topological polar surface area (TPSA) is 73.2 Å². The lowest BCUT2D eigenvalue weighted by Gasteiger charge is -2.17. The molecular weight excluding hydrogens is 369 g/mol. The van der Waals surface area contributed by atoms with Gasteiger partial charge in [-0.3, -0.25) is 4.68 Å². The van der Waals surface area contributed by atoms with Gasteiger partial charge in [0, 0.05) is 24.8 Å². The average molecular weight is 389 g/mol. The van der Waals surface area contributed by atoms with Crippen molar-refractivity contribution in [2.45, 2.75) is 17.9 Å². The molecule has 0 aliphatic rings. The van der Waals surface area contributed by atoms with E-state index in [-0.39, 0.29) is 16.5 Å². The van der Waals surface area contributed by atoms with Crippen molar-refractivity contribution in [1.29, 1.82) is 0 Å². The maximum absolute atomic E-state index is 13.1. The fourth-order valence-corrected chi connectivity index (χ4v) is 4.18. The molecule has 1 heterocycles. The predicted octanol–water partition coefficient (Wildman–Crippen LogP) is 3.27. The van der Waals surface area contributed by atoms with Crippen LogP contribution in [0.2, 0.25) is 0 Å². The standard InChI is InChI=1S/C19H20FN3O3S/c1-13(14-4-7-17(20)8-5-14)22-27(24,25)19-10-15(6-9-18(19)26-3)16-11-21-23(2)12-16/h4-13,22H,1-3H3. The van der Waals surface area contributed by atoms with Crippen LogP contribution >= 0.6 is 0 Å². The van der Waals surface area contributed by atoms with Crippen LogP contribution in [0.3, 0.4) is 0 Å². The van der Waals surface area contributed by atoms with E-state index in [9.17, 15) is 12.8 Å². The van der Waals surface area contributed by atoms with Crippen molar-refractivity contribution in [3.63, 3.8) is 0 Å². The summed E-state index contributed by atoms with van der Waals surface area (Å²) in [6, 6.07) is 10.1. The van der Waals surface area contributed by atoms with Crippen LogP contribution in [0.5, 0.6) is 5.75 Å². The molecule has 27 heavy (non-hydrogen) atoms. The number of rotatable bonds is 6. The number of hydrogen-bond donors (Lipinski definition) is 1. The van der Waals surface area contributed by atoms with Gasteiger partial charge >= 0.3 is 0 Å². The highest BCUT2D eigenvalue weighted by atomic mass is 32.2. The highest BCUT2D eigenvalue weighted by Crippen LogP contribution is 2.30. The van der Waals surface area contributed by atoms with E-state index in [2.05, 4.69) is 9.82 Å². The molecule has 1 N–H and O–H groups in total. The summed E-state index contributed by atoms with van der Waals surface area (Å²) in [6.07, 6.45) is 3.46. The lowest BCUT2D eigenvalue weighted by molar-refractivity contribution is 0.402. The minimum Gasteiger partial charge on any atom is -0.495 e. The van der Waals surface area contributed by atoms with Crippen LogP contribution in [0.4, 0.5) is 4.39 Å². The molecule has 0 bridgehead atoms. The van der Waals surface area contributed by atoms with Crippen LogP contribution < -0.4 is 9.46 Å². The predicted molar refractivity (Wildman–Crippen MR) is 100 cm³/mol. The smallest absolute Gasteiger partial charge is 0.244 e. The Kier molecular flexibility index (Phi) is 5.29. The molecule has 8 heteroatoms. The average Bonchev–Trinajstić information content (AvgIpc) is 3.07. The van der Waals surface area contributed by atoms with Crippen molar-refractivity contribution >= 4 is 10.0 Å². The lowest BCUT2D eigenvalue weighted by atomic mass is 10.1. The summed E-state index contributed by atoms with van der Waals surface area (Å²) in [5, 5.41) is 4.11. The van der Waals surface area contributed by atoms with Crippen LogP contribution in [0.1, 0.15) is 18.5 Å². The number of aryl methyl sites for hydroxylation is 1. The van der Waals surface area contributed by atoms with Crippen LogP contribution in [-0.4, -0.2) is 25.3 Å². The van der Waals surface area contributed by atoms with Gasteiger partial charge in [-0.15, -0.1) is 0 Å². The molecule has 142 valence electrons. The number of sulfonamides is 1. The zero-order valence-electron chi connectivity index (χ0n) is 15.2. The minimum atomic E-state index is -3.88. The first-order chi connectivity index (χ1) is 12.8. The third kappa shape index (κ3) is 4.17. The van der Waals surface area contributed by atoms with E-state index >= 15 is 0 Å². The summed E-state index contributed by atoms with van der Waals surface area (Å²) in [7, 11) is -0.674. The molecule has 0 aliphatic heterocycles. The largest absolute Gasteiger partial charge is 0.495 e. The first-order valence-electron chi connectivity index (χ1n) is 8.25. The monoisotopic (exact) mass is 389 g/mol. The van der Waals surface area contributed by atoms with Crippen LogP contribution in [0.15, 0.2) is 59.8 Å². The van der Waals surface area contributed by atoms with E-state index in [0.717, 1.165) is 5.56 Å². The first kappa shape index (κ1) is 19.1. The highest BCUT2D eigenvalue weighted by molar-refractivity contribution is 7.89. The summed E-state index contributed by atoms with van der Waals surface area (Å²) in [6.45, 7) is 1.70. The highest BCUT2D eigenvalue weighted by Gasteiger charge is 2.23. The molecule has 6 nitrogen and oxygen atoms in total. The molecule has 3 rings (SSSR count). The van der Waals surface area contributed by atoms with E-state index in [1.807, 2.05) is 0 Å². The second kappa shape index (κ2) is 7.50. The SMILES string of the molecule is COc1ccc(-c2cnn(C)c2)cc1S(=O)(=O)NC(C)c1ccc(F)cc1. The van der Waals surface area contributed by atoms with Crippen molar-refractivity contribution in [3.8, 4) is 16.9 Å². The Morgan fingerprint density at radius 1 is 1.15 bits per heavy atom. The van der Waals surface area contributed by atoms with Gasteiger partial charge < -0.3 is 4.74 Å². The molecule has 1 aromatic heterocycles. The Hall–Kier alpha value is -2.71. The number of halogens is 1. The fraction of sp³-hybridized carbons (Fsp3) is 0.211. The Morgan fingerprint density at radius 3 is 2.44 bits per heavy atom. The maximum atomic E-state index is 13.1. The van der Waals surface area contributed by atoms with Crippen molar-refractivity contribution in [2.24, 2.45) is 7.05 Å². The first-order valence-corrected chi connectivity index (χ1v) is 9.73. The van der Waals surface area contributed by atoms with Gasteiger partial charge in [-0.05, 0) is 42.3 Å². The number of aromatic nitrogens is 2. The molecule has 0 fully saturated rings. The molecule has 0 saturated heterocycles. The van der Waals surface area contributed by atoms with Crippen molar-refractivity contribution in [2.75, 3.05) is 7.11 Å². The Bertz CT molecular complexity index is 1050. The third-order valence-corrected chi connectivity index (χ3v) is 5.76. The number of nitrogens with zero attached hydrogens (tertiary/aromatic N) is 2. The summed E-state index contributed by atoms with van der Waals surface area (Å²) in [5.74, 6) is -0.138. The molecule has 0 radical (unpaired) electrons. The van der Waals surface area contributed by atoms with Crippen molar-refractivity contribution in [1.82, 2.24) is 14.5 Å². The van der Waals surface area contributed by atoms with E-state index < -0.39 is 16.1 Å². The van der Waals surface area contributed by atoms with Gasteiger partial charge in [0.25, 0.3) is 0 Å². The van der Waals surface area contributed by atoms with Gasteiger partial charge in [0.2, 0.25) is 10.0 Å². The van der Waals surface area contributed by atoms with Gasteiger partial charge in [0.15, 0.2) is 0 Å². The second-order valence-electron chi connectivity index (χ2n) is 6.16. The number of ether oxygens (including phenoxy) is 1.